The summed E-state index contributed by atoms with van der Waals surface area (Å²) in [5.74, 6) is 0.0800. The summed E-state index contributed by atoms with van der Waals surface area (Å²) in [5.41, 5.74) is 0. The minimum Gasteiger partial charge on any atom is -0.481 e. The highest BCUT2D eigenvalue weighted by Gasteiger charge is 2.53. The normalized spacial score (nSPS) is 48.1. The van der Waals surface area contributed by atoms with Gasteiger partial charge in [-0.2, -0.15) is 0 Å². The van der Waals surface area contributed by atoms with Crippen molar-refractivity contribution >= 4 is 28.6 Å². The number of fused-ring (bicyclic) bond motifs is 2. The van der Waals surface area contributed by atoms with Gasteiger partial charge in [0.25, 0.3) is 0 Å². The van der Waals surface area contributed by atoms with Crippen molar-refractivity contribution in [3.05, 3.63) is 0 Å². The van der Waals surface area contributed by atoms with Gasteiger partial charge in [0.15, 0.2) is 0 Å². The molecule has 0 radical (unpaired) electrons. The van der Waals surface area contributed by atoms with Gasteiger partial charge in [0.05, 0.1) is 5.92 Å². The molecule has 2 saturated carbocycles. The molecule has 0 aromatic carbocycles. The lowest BCUT2D eigenvalue weighted by Gasteiger charge is -2.25. The van der Waals surface area contributed by atoms with Crippen LogP contribution in [0.2, 0.25) is 0 Å². The van der Waals surface area contributed by atoms with E-state index in [-0.39, 0.29) is 9.34 Å². The molecule has 2 fully saturated rings. The molecule has 0 aromatic rings. The van der Waals surface area contributed by atoms with E-state index >= 15 is 0 Å². The molecule has 3 unspecified atom stereocenters. The number of carboxylic acid groups (broad SMARTS) is 1. The molecule has 2 rings (SSSR count). The van der Waals surface area contributed by atoms with Crippen molar-refractivity contribution in [3.8, 4) is 0 Å². The Morgan fingerprint density at radius 1 is 1.64 bits per heavy atom. The summed E-state index contributed by atoms with van der Waals surface area (Å²) in [6, 6.07) is 0. The first-order valence-electron chi connectivity index (χ1n) is 4.03. The van der Waals surface area contributed by atoms with Crippen LogP contribution in [0.1, 0.15) is 25.7 Å². The number of hydrogen-bond donors (Lipinski definition) is 1. The van der Waals surface area contributed by atoms with Crippen LogP contribution in [0.5, 0.6) is 0 Å². The summed E-state index contributed by atoms with van der Waals surface area (Å²) in [4.78, 5) is 10.8. The number of rotatable bonds is 1. The number of alkyl halides is 1. The molecule has 11 heavy (non-hydrogen) atoms. The average molecular weight is 266 g/mol. The largest absolute Gasteiger partial charge is 0.481 e. The van der Waals surface area contributed by atoms with E-state index in [4.69, 9.17) is 5.11 Å². The Labute approximate surface area is 79.5 Å². The van der Waals surface area contributed by atoms with Gasteiger partial charge in [-0.15, -0.1) is 0 Å². The van der Waals surface area contributed by atoms with Gasteiger partial charge in [0.2, 0.25) is 0 Å². The summed E-state index contributed by atoms with van der Waals surface area (Å²) in [7, 11) is 0. The first kappa shape index (κ1) is 7.83. The smallest absolute Gasteiger partial charge is 0.307 e. The molecular weight excluding hydrogens is 255 g/mol. The van der Waals surface area contributed by atoms with Crippen molar-refractivity contribution in [1.29, 1.82) is 0 Å². The molecular formula is C8H11IO2. The van der Waals surface area contributed by atoms with Crippen molar-refractivity contribution in [2.45, 2.75) is 29.1 Å². The Morgan fingerprint density at radius 2 is 2.36 bits per heavy atom. The molecule has 0 spiro atoms. The van der Waals surface area contributed by atoms with Gasteiger partial charge in [-0.1, -0.05) is 22.6 Å². The lowest BCUT2D eigenvalue weighted by Crippen LogP contribution is -2.31. The number of hydrogen-bond acceptors (Lipinski definition) is 1. The summed E-state index contributed by atoms with van der Waals surface area (Å²) in [6.45, 7) is 0. The molecule has 62 valence electrons. The van der Waals surface area contributed by atoms with Crippen molar-refractivity contribution in [2.24, 2.45) is 11.8 Å². The molecule has 0 amide bonds. The van der Waals surface area contributed by atoms with Crippen LogP contribution in [0.15, 0.2) is 0 Å². The van der Waals surface area contributed by atoms with Gasteiger partial charge in [-0.05, 0) is 31.6 Å². The topological polar surface area (TPSA) is 37.3 Å². The third-order valence-electron chi connectivity index (χ3n) is 3.09. The molecule has 2 bridgehead atoms. The highest BCUT2D eigenvalue weighted by atomic mass is 127. The van der Waals surface area contributed by atoms with Gasteiger partial charge in [-0.3, -0.25) is 4.79 Å². The molecule has 0 heterocycles. The lowest BCUT2D eigenvalue weighted by molar-refractivity contribution is -0.142. The third-order valence-corrected chi connectivity index (χ3v) is 4.82. The predicted octanol–water partition coefficient (Wildman–Crippen LogP) is 2.06. The van der Waals surface area contributed by atoms with E-state index in [9.17, 15) is 4.79 Å². The predicted molar refractivity (Wildman–Crippen MR) is 49.8 cm³/mol. The number of halogens is 1. The van der Waals surface area contributed by atoms with Gasteiger partial charge in [-0.25, -0.2) is 0 Å². The summed E-state index contributed by atoms with van der Waals surface area (Å²) in [6.07, 6.45) is 4.45. The highest BCUT2D eigenvalue weighted by molar-refractivity contribution is 14.1. The molecule has 0 aromatic heterocycles. The molecule has 3 atom stereocenters. The minimum atomic E-state index is -0.582. The van der Waals surface area contributed by atoms with E-state index in [1.165, 1.54) is 6.42 Å². The van der Waals surface area contributed by atoms with Crippen molar-refractivity contribution in [2.75, 3.05) is 0 Å². The Balaban J connectivity index is 2.21. The Kier molecular flexibility index (Phi) is 1.67. The summed E-state index contributed by atoms with van der Waals surface area (Å²) >= 11 is 2.37. The second kappa shape index (κ2) is 2.34. The Hall–Kier alpha value is 0.200. The second-order valence-corrected chi connectivity index (χ2v) is 5.92. The maximum atomic E-state index is 10.8. The van der Waals surface area contributed by atoms with Gasteiger partial charge < -0.3 is 5.11 Å². The molecule has 0 aliphatic heterocycles. The van der Waals surface area contributed by atoms with Crippen LogP contribution in [-0.2, 0) is 4.79 Å². The highest BCUT2D eigenvalue weighted by Crippen LogP contribution is 2.56. The summed E-state index contributed by atoms with van der Waals surface area (Å²) in [5, 5.41) is 8.90. The van der Waals surface area contributed by atoms with Crippen LogP contribution >= 0.6 is 22.6 Å². The zero-order valence-corrected chi connectivity index (χ0v) is 8.37. The van der Waals surface area contributed by atoms with Gasteiger partial charge in [0.1, 0.15) is 0 Å². The quantitative estimate of drug-likeness (QED) is 0.582. The Bertz CT molecular complexity index is 204. The summed E-state index contributed by atoms with van der Waals surface area (Å²) < 4.78 is 0.119. The van der Waals surface area contributed by atoms with E-state index in [1.807, 2.05) is 0 Å². The first-order valence-corrected chi connectivity index (χ1v) is 5.11. The van der Waals surface area contributed by atoms with E-state index < -0.39 is 5.97 Å². The fourth-order valence-corrected chi connectivity index (χ4v) is 3.97. The lowest BCUT2D eigenvalue weighted by atomic mass is 9.89. The van der Waals surface area contributed by atoms with E-state index in [2.05, 4.69) is 22.6 Å². The molecule has 2 aliphatic carbocycles. The van der Waals surface area contributed by atoms with Crippen molar-refractivity contribution in [1.82, 2.24) is 0 Å². The van der Waals surface area contributed by atoms with E-state index in [0.29, 0.717) is 5.92 Å². The van der Waals surface area contributed by atoms with Crippen LogP contribution in [0.4, 0.5) is 0 Å². The van der Waals surface area contributed by atoms with Crippen molar-refractivity contribution < 1.29 is 9.90 Å². The van der Waals surface area contributed by atoms with Crippen molar-refractivity contribution in [3.63, 3.8) is 0 Å². The average Bonchev–Trinajstić information content (AvgIpc) is 2.41. The minimum absolute atomic E-state index is 0.0538. The molecule has 0 saturated heterocycles. The van der Waals surface area contributed by atoms with E-state index in [0.717, 1.165) is 19.3 Å². The van der Waals surface area contributed by atoms with Crippen LogP contribution < -0.4 is 0 Å². The van der Waals surface area contributed by atoms with Gasteiger partial charge >= 0.3 is 5.97 Å². The zero-order valence-electron chi connectivity index (χ0n) is 6.22. The maximum Gasteiger partial charge on any atom is 0.307 e. The number of carbonyl (C=O) groups is 1. The van der Waals surface area contributed by atoms with E-state index in [1.54, 1.807) is 0 Å². The fraction of sp³-hybridized carbons (Fsp3) is 0.875. The third kappa shape index (κ3) is 1.08. The second-order valence-electron chi connectivity index (χ2n) is 3.77. The molecule has 2 nitrogen and oxygen atoms in total. The molecule has 3 heteroatoms. The maximum absolute atomic E-state index is 10.8. The first-order chi connectivity index (χ1) is 5.12. The fourth-order valence-electron chi connectivity index (χ4n) is 2.51. The number of aliphatic carboxylic acids is 1. The molecule has 1 N–H and O–H groups in total. The molecule has 2 aliphatic rings. The van der Waals surface area contributed by atoms with Crippen LogP contribution in [0.3, 0.4) is 0 Å². The standard InChI is InChI=1S/C8H11IO2/c9-8-2-1-5(4-8)3-6(8)7(10)11/h5-6H,1-4H2,(H,10,11). The van der Waals surface area contributed by atoms with Crippen LogP contribution in [0.25, 0.3) is 0 Å². The van der Waals surface area contributed by atoms with Crippen LogP contribution in [-0.4, -0.2) is 14.5 Å². The number of carboxylic acids is 1. The monoisotopic (exact) mass is 266 g/mol. The Morgan fingerprint density at radius 3 is 2.64 bits per heavy atom. The van der Waals surface area contributed by atoms with Gasteiger partial charge in [0, 0.05) is 3.42 Å². The zero-order chi connectivity index (χ0) is 8.06. The van der Waals surface area contributed by atoms with Crippen LogP contribution in [0, 0.1) is 11.8 Å². The SMILES string of the molecule is O=C(O)C1CC2CCC1(I)C2.